The number of carbonyl (C=O) groups is 3. The molecule has 2 rings (SSSR count). The van der Waals surface area contributed by atoms with E-state index in [4.69, 9.17) is 11.6 Å². The summed E-state index contributed by atoms with van der Waals surface area (Å²) in [6, 6.07) is 8.62. The number of hydrogen-bond donors (Lipinski definition) is 2. The molecule has 0 aliphatic heterocycles. The van der Waals surface area contributed by atoms with Crippen molar-refractivity contribution in [3.63, 3.8) is 0 Å². The molecule has 0 aliphatic carbocycles. The first-order chi connectivity index (χ1) is 12.3. The highest BCUT2D eigenvalue weighted by atomic mass is 35.5. The first-order valence-electron chi connectivity index (χ1n) is 7.54. The van der Waals surface area contributed by atoms with Crippen LogP contribution in [0.15, 0.2) is 36.4 Å². The minimum atomic E-state index is -0.723. The zero-order valence-corrected chi connectivity index (χ0v) is 14.8. The number of carbonyl (C=O) groups excluding carboxylic acids is 3. The highest BCUT2D eigenvalue weighted by Gasteiger charge is 2.15. The molecule has 0 unspecified atom stereocenters. The predicted octanol–water partition coefficient (Wildman–Crippen LogP) is 3.52. The van der Waals surface area contributed by atoms with Crippen LogP contribution in [0.1, 0.15) is 27.6 Å². The van der Waals surface area contributed by atoms with E-state index in [1.165, 1.54) is 26.2 Å². The summed E-state index contributed by atoms with van der Waals surface area (Å²) >= 11 is 5.73. The summed E-state index contributed by atoms with van der Waals surface area (Å²) in [5.41, 5.74) is 0.808. The molecule has 1 amide bonds. The Morgan fingerprint density at radius 3 is 2.46 bits per heavy atom. The Morgan fingerprint density at radius 2 is 1.81 bits per heavy atom. The lowest BCUT2D eigenvalue weighted by Gasteiger charge is -2.13. The highest BCUT2D eigenvalue weighted by Crippen LogP contribution is 2.25. The molecule has 26 heavy (non-hydrogen) atoms. The van der Waals surface area contributed by atoms with Crippen molar-refractivity contribution < 1.29 is 23.5 Å². The van der Waals surface area contributed by atoms with E-state index in [0.717, 1.165) is 6.07 Å². The van der Waals surface area contributed by atoms with Gasteiger partial charge in [-0.15, -0.1) is 0 Å². The molecule has 2 aromatic rings. The van der Waals surface area contributed by atoms with Crippen molar-refractivity contribution in [2.24, 2.45) is 0 Å². The van der Waals surface area contributed by atoms with Gasteiger partial charge in [0.25, 0.3) is 0 Å². The molecule has 0 fully saturated rings. The lowest BCUT2D eigenvalue weighted by Crippen LogP contribution is -2.23. The molecule has 8 heteroatoms. The molecule has 6 nitrogen and oxygen atoms in total. The summed E-state index contributed by atoms with van der Waals surface area (Å²) in [6.45, 7) is 1.05. The van der Waals surface area contributed by atoms with Crippen LogP contribution in [0.2, 0.25) is 5.02 Å². The second kappa shape index (κ2) is 8.44. The Bertz CT molecular complexity index is 870. The number of benzene rings is 2. The minimum Gasteiger partial charge on any atom is -0.465 e. The molecular formula is C18H16ClFN2O4. The molecule has 2 aromatic carbocycles. The van der Waals surface area contributed by atoms with Crippen LogP contribution in [0.4, 0.5) is 15.8 Å². The molecule has 0 radical (unpaired) electrons. The van der Waals surface area contributed by atoms with Crippen molar-refractivity contribution in [1.29, 1.82) is 0 Å². The molecule has 0 spiro atoms. The normalized spacial score (nSPS) is 10.2. The third-order valence-electron chi connectivity index (χ3n) is 3.49. The summed E-state index contributed by atoms with van der Waals surface area (Å²) in [7, 11) is 1.24. The van der Waals surface area contributed by atoms with Crippen LogP contribution < -0.4 is 10.6 Å². The third-order valence-corrected chi connectivity index (χ3v) is 3.78. The lowest BCUT2D eigenvalue weighted by molar-refractivity contribution is -0.114. The van der Waals surface area contributed by atoms with Gasteiger partial charge in [0, 0.05) is 11.3 Å². The molecule has 0 heterocycles. The fraction of sp³-hybridized carbons (Fsp3) is 0.167. The average Bonchev–Trinajstić information content (AvgIpc) is 2.62. The van der Waals surface area contributed by atoms with Crippen molar-refractivity contribution in [3.05, 3.63) is 58.4 Å². The van der Waals surface area contributed by atoms with E-state index in [1.54, 1.807) is 18.2 Å². The first kappa shape index (κ1) is 19.4. The number of para-hydroxylation sites is 1. The second-order valence-corrected chi connectivity index (χ2v) is 5.71. The van der Waals surface area contributed by atoms with E-state index in [0.29, 0.717) is 0 Å². The van der Waals surface area contributed by atoms with Crippen molar-refractivity contribution in [1.82, 2.24) is 0 Å². The van der Waals surface area contributed by atoms with Gasteiger partial charge in [-0.3, -0.25) is 9.59 Å². The number of methoxy groups -OCH3 is 1. The molecule has 136 valence electrons. The van der Waals surface area contributed by atoms with Gasteiger partial charge in [-0.05, 0) is 31.2 Å². The summed E-state index contributed by atoms with van der Waals surface area (Å²) < 4.78 is 18.2. The SMILES string of the molecule is COC(=O)c1ccccc1NC(=O)CNc1cc(Cl)c(F)cc1C(C)=O. The van der Waals surface area contributed by atoms with Crippen LogP contribution in [0.3, 0.4) is 0 Å². The molecule has 0 saturated carbocycles. The molecule has 0 atom stereocenters. The van der Waals surface area contributed by atoms with Crippen LogP contribution in [0.25, 0.3) is 0 Å². The predicted molar refractivity (Wildman–Crippen MR) is 96.3 cm³/mol. The monoisotopic (exact) mass is 378 g/mol. The molecule has 0 bridgehead atoms. The van der Waals surface area contributed by atoms with Gasteiger partial charge in [-0.1, -0.05) is 23.7 Å². The lowest BCUT2D eigenvalue weighted by atomic mass is 10.1. The van der Waals surface area contributed by atoms with E-state index in [-0.39, 0.29) is 39.9 Å². The molecule has 0 aromatic heterocycles. The van der Waals surface area contributed by atoms with Crippen molar-refractivity contribution in [3.8, 4) is 0 Å². The van der Waals surface area contributed by atoms with Crippen LogP contribution in [-0.4, -0.2) is 31.3 Å². The average molecular weight is 379 g/mol. The van der Waals surface area contributed by atoms with Crippen LogP contribution in [-0.2, 0) is 9.53 Å². The van der Waals surface area contributed by atoms with E-state index in [2.05, 4.69) is 15.4 Å². The van der Waals surface area contributed by atoms with Crippen LogP contribution in [0.5, 0.6) is 0 Å². The summed E-state index contributed by atoms with van der Waals surface area (Å²) in [5, 5.41) is 5.15. The number of halogens is 2. The Morgan fingerprint density at radius 1 is 1.12 bits per heavy atom. The van der Waals surface area contributed by atoms with E-state index >= 15 is 0 Å². The number of ketones is 1. The number of hydrogen-bond acceptors (Lipinski definition) is 5. The Balaban J connectivity index is 2.12. The topological polar surface area (TPSA) is 84.5 Å². The largest absolute Gasteiger partial charge is 0.465 e. The van der Waals surface area contributed by atoms with Crippen LogP contribution >= 0.6 is 11.6 Å². The maximum Gasteiger partial charge on any atom is 0.339 e. The Hall–Kier alpha value is -2.93. The van der Waals surface area contributed by atoms with Crippen molar-refractivity contribution in [2.75, 3.05) is 24.3 Å². The summed E-state index contributed by atoms with van der Waals surface area (Å²) in [4.78, 5) is 35.5. The smallest absolute Gasteiger partial charge is 0.339 e. The standard InChI is InChI=1S/C18H16ClFN2O4/c1-10(23)12-7-14(20)13(19)8-16(12)21-9-17(24)22-15-6-4-3-5-11(15)18(25)26-2/h3-8,21H,9H2,1-2H3,(H,22,24). The number of esters is 1. The Labute approximate surface area is 154 Å². The Kier molecular flexibility index (Phi) is 6.30. The molecule has 0 aliphatic rings. The third kappa shape index (κ3) is 4.58. The van der Waals surface area contributed by atoms with Crippen molar-refractivity contribution >= 4 is 40.6 Å². The number of ether oxygens (including phenoxy) is 1. The number of Topliss-reactive ketones (excluding diaryl/α,β-unsaturated/α-hetero) is 1. The maximum absolute atomic E-state index is 13.5. The van der Waals surface area contributed by atoms with E-state index in [1.807, 2.05) is 0 Å². The first-order valence-corrected chi connectivity index (χ1v) is 7.92. The van der Waals surface area contributed by atoms with Gasteiger partial charge in [0.05, 0.1) is 29.9 Å². The quantitative estimate of drug-likeness (QED) is 0.593. The zero-order valence-electron chi connectivity index (χ0n) is 14.1. The van der Waals surface area contributed by atoms with Gasteiger partial charge in [0.1, 0.15) is 5.82 Å². The highest BCUT2D eigenvalue weighted by molar-refractivity contribution is 6.31. The van der Waals surface area contributed by atoms with Gasteiger partial charge in [0.2, 0.25) is 5.91 Å². The van der Waals surface area contributed by atoms with Crippen LogP contribution in [0, 0.1) is 5.82 Å². The zero-order chi connectivity index (χ0) is 19.3. The number of amides is 1. The maximum atomic E-state index is 13.5. The fourth-order valence-corrected chi connectivity index (χ4v) is 2.40. The molecule has 0 saturated heterocycles. The van der Waals surface area contributed by atoms with Gasteiger partial charge < -0.3 is 15.4 Å². The van der Waals surface area contributed by atoms with Gasteiger partial charge in [-0.2, -0.15) is 0 Å². The summed E-state index contributed by atoms with van der Waals surface area (Å²) in [6.07, 6.45) is 0. The van der Waals surface area contributed by atoms with Crippen molar-refractivity contribution in [2.45, 2.75) is 6.92 Å². The van der Waals surface area contributed by atoms with Gasteiger partial charge >= 0.3 is 5.97 Å². The summed E-state index contributed by atoms with van der Waals surface area (Å²) in [5.74, 6) is -2.16. The second-order valence-electron chi connectivity index (χ2n) is 5.31. The van der Waals surface area contributed by atoms with E-state index in [9.17, 15) is 18.8 Å². The molecule has 2 N–H and O–H groups in total. The minimum absolute atomic E-state index is 0.0784. The van der Waals surface area contributed by atoms with E-state index < -0.39 is 17.7 Å². The number of anilines is 2. The number of nitrogens with one attached hydrogen (secondary N) is 2. The van der Waals surface area contributed by atoms with Gasteiger partial charge in [-0.25, -0.2) is 9.18 Å². The number of rotatable bonds is 6. The fourth-order valence-electron chi connectivity index (χ4n) is 2.23. The van der Waals surface area contributed by atoms with Gasteiger partial charge in [0.15, 0.2) is 5.78 Å². The molecular weight excluding hydrogens is 363 g/mol.